The van der Waals surface area contributed by atoms with E-state index in [-0.39, 0.29) is 11.7 Å². The lowest BCUT2D eigenvalue weighted by Crippen LogP contribution is -2.26. The van der Waals surface area contributed by atoms with Crippen LogP contribution in [0.1, 0.15) is 33.2 Å². The number of nitrogens with zero attached hydrogens (tertiary/aromatic N) is 2. The molecule has 148 valence electrons. The molecule has 1 atom stereocenters. The standard InChI is InChI=1S/C24H19N3O2S/c28-24(29)23-26-20-11-5-3-10-18(20)22(27-23)25-13-19-16-8-2-1-7-15(16)14-30-21-12-6-4-9-17(19)21/h1-12,19H,13-14H2,(H,28,29)(H,25,26,27)/p-1/t19-/m1/s1. The number of carboxylic acid groups (broad SMARTS) is 1. The molecule has 1 N–H and O–H groups in total. The van der Waals surface area contributed by atoms with Crippen molar-refractivity contribution in [3.05, 3.63) is 95.3 Å². The van der Waals surface area contributed by atoms with Crippen LogP contribution in [0.4, 0.5) is 5.82 Å². The van der Waals surface area contributed by atoms with Gasteiger partial charge in [-0.15, -0.1) is 11.8 Å². The van der Waals surface area contributed by atoms with Crippen molar-refractivity contribution in [3.8, 4) is 0 Å². The van der Waals surface area contributed by atoms with Crippen molar-refractivity contribution in [2.45, 2.75) is 16.6 Å². The third kappa shape index (κ3) is 3.39. The van der Waals surface area contributed by atoms with E-state index in [9.17, 15) is 9.90 Å². The molecule has 5 rings (SSSR count). The van der Waals surface area contributed by atoms with Crippen LogP contribution >= 0.6 is 11.8 Å². The molecule has 0 unspecified atom stereocenters. The Morgan fingerprint density at radius 2 is 1.70 bits per heavy atom. The number of fused-ring (bicyclic) bond motifs is 3. The van der Waals surface area contributed by atoms with Crippen molar-refractivity contribution >= 4 is 34.5 Å². The van der Waals surface area contributed by atoms with Gasteiger partial charge in [0.05, 0.1) is 5.52 Å². The number of hydrogen-bond donors (Lipinski definition) is 1. The summed E-state index contributed by atoms with van der Waals surface area (Å²) in [6.07, 6.45) is 0. The molecule has 0 radical (unpaired) electrons. The molecule has 6 heteroatoms. The first kappa shape index (κ1) is 18.6. The Morgan fingerprint density at radius 3 is 2.57 bits per heavy atom. The van der Waals surface area contributed by atoms with Gasteiger partial charge in [-0.2, -0.15) is 0 Å². The third-order valence-electron chi connectivity index (χ3n) is 5.37. The number of aromatic nitrogens is 2. The smallest absolute Gasteiger partial charge is 0.177 e. The molecule has 1 aliphatic heterocycles. The summed E-state index contributed by atoms with van der Waals surface area (Å²) in [6, 6.07) is 24.3. The fourth-order valence-electron chi connectivity index (χ4n) is 3.95. The molecule has 2 heterocycles. The predicted octanol–water partition coefficient (Wildman–Crippen LogP) is 3.84. The second kappa shape index (κ2) is 7.80. The Bertz CT molecular complexity index is 1210. The van der Waals surface area contributed by atoms with Gasteiger partial charge in [-0.1, -0.05) is 54.6 Å². The zero-order valence-corrected chi connectivity index (χ0v) is 16.9. The van der Waals surface area contributed by atoms with Crippen LogP contribution in [-0.4, -0.2) is 22.5 Å². The van der Waals surface area contributed by atoms with Crippen molar-refractivity contribution in [3.63, 3.8) is 0 Å². The molecule has 3 aromatic carbocycles. The Hall–Kier alpha value is -3.38. The first-order chi connectivity index (χ1) is 14.7. The van der Waals surface area contributed by atoms with Crippen LogP contribution in [0.25, 0.3) is 10.9 Å². The fraction of sp³-hybridized carbons (Fsp3) is 0.125. The van der Waals surface area contributed by atoms with Crippen molar-refractivity contribution in [2.24, 2.45) is 0 Å². The maximum Gasteiger partial charge on any atom is 0.177 e. The molecule has 4 aromatic rings. The molecule has 0 saturated heterocycles. The quantitative estimate of drug-likeness (QED) is 0.549. The predicted molar refractivity (Wildman–Crippen MR) is 117 cm³/mol. The van der Waals surface area contributed by atoms with Gasteiger partial charge in [0.15, 0.2) is 5.82 Å². The number of carboxylic acids is 1. The maximum atomic E-state index is 11.4. The highest BCUT2D eigenvalue weighted by atomic mass is 32.2. The van der Waals surface area contributed by atoms with Crippen molar-refractivity contribution < 1.29 is 9.90 Å². The van der Waals surface area contributed by atoms with Gasteiger partial charge < -0.3 is 15.2 Å². The van der Waals surface area contributed by atoms with E-state index in [1.54, 1.807) is 6.07 Å². The van der Waals surface area contributed by atoms with Crippen LogP contribution in [0.5, 0.6) is 0 Å². The molecule has 5 nitrogen and oxygen atoms in total. The largest absolute Gasteiger partial charge is 0.542 e. The highest BCUT2D eigenvalue weighted by molar-refractivity contribution is 7.98. The number of para-hydroxylation sites is 1. The van der Waals surface area contributed by atoms with Crippen molar-refractivity contribution in [2.75, 3.05) is 11.9 Å². The van der Waals surface area contributed by atoms with E-state index in [0.29, 0.717) is 17.9 Å². The Balaban J connectivity index is 1.57. The number of aromatic carboxylic acids is 1. The lowest BCUT2D eigenvalue weighted by Gasteiger charge is -2.21. The summed E-state index contributed by atoms with van der Waals surface area (Å²) >= 11 is 1.85. The number of rotatable bonds is 4. The number of thioether (sulfide) groups is 1. The monoisotopic (exact) mass is 412 g/mol. The first-order valence-electron chi connectivity index (χ1n) is 9.72. The molecule has 0 bridgehead atoms. The summed E-state index contributed by atoms with van der Waals surface area (Å²) in [7, 11) is 0. The Kier molecular flexibility index (Phi) is 4.85. The summed E-state index contributed by atoms with van der Waals surface area (Å²) < 4.78 is 0. The Morgan fingerprint density at radius 1 is 0.967 bits per heavy atom. The molecule has 1 aliphatic rings. The summed E-state index contributed by atoms with van der Waals surface area (Å²) in [5.74, 6) is -0.146. The zero-order valence-electron chi connectivity index (χ0n) is 16.0. The van der Waals surface area contributed by atoms with Crippen LogP contribution in [0, 0.1) is 0 Å². The molecule has 30 heavy (non-hydrogen) atoms. The van der Waals surface area contributed by atoms with E-state index in [0.717, 1.165) is 11.1 Å². The summed E-state index contributed by atoms with van der Waals surface area (Å²) in [5, 5.41) is 15.6. The Labute approximate surface area is 178 Å². The van der Waals surface area contributed by atoms with Gasteiger partial charge in [-0.3, -0.25) is 0 Å². The van der Waals surface area contributed by atoms with Gasteiger partial charge in [0.25, 0.3) is 0 Å². The highest BCUT2D eigenvalue weighted by Gasteiger charge is 2.24. The molecule has 0 amide bonds. The van der Waals surface area contributed by atoms with E-state index in [1.165, 1.54) is 21.6 Å². The average molecular weight is 412 g/mol. The van der Waals surface area contributed by atoms with Crippen LogP contribution < -0.4 is 10.4 Å². The van der Waals surface area contributed by atoms with Crippen LogP contribution in [0.2, 0.25) is 0 Å². The van der Waals surface area contributed by atoms with Crippen molar-refractivity contribution in [1.29, 1.82) is 0 Å². The number of carbonyl (C=O) groups is 1. The van der Waals surface area contributed by atoms with Crippen LogP contribution in [-0.2, 0) is 5.75 Å². The normalized spacial score (nSPS) is 15.1. The van der Waals surface area contributed by atoms with Crippen LogP contribution in [0.3, 0.4) is 0 Å². The third-order valence-corrected chi connectivity index (χ3v) is 6.51. The SMILES string of the molecule is O=C([O-])c1nc(NC[C@@H]2c3ccccc3CSc3ccccc32)c2ccccc2n1. The van der Waals surface area contributed by atoms with Gasteiger partial charge in [-0.05, 0) is 34.9 Å². The number of hydrogen-bond acceptors (Lipinski definition) is 6. The zero-order chi connectivity index (χ0) is 20.5. The minimum atomic E-state index is -1.38. The number of benzene rings is 3. The topological polar surface area (TPSA) is 77.9 Å². The summed E-state index contributed by atoms with van der Waals surface area (Å²) in [5.41, 5.74) is 4.43. The van der Waals surface area contributed by atoms with Gasteiger partial charge in [-0.25, -0.2) is 9.97 Å². The second-order valence-electron chi connectivity index (χ2n) is 7.16. The first-order valence-corrected chi connectivity index (χ1v) is 10.7. The molecule has 0 fully saturated rings. The molecular weight excluding hydrogens is 394 g/mol. The van der Waals surface area contributed by atoms with Gasteiger partial charge >= 0.3 is 0 Å². The van der Waals surface area contributed by atoms with E-state index in [4.69, 9.17) is 0 Å². The minimum Gasteiger partial charge on any atom is -0.542 e. The second-order valence-corrected chi connectivity index (χ2v) is 8.18. The van der Waals surface area contributed by atoms with Gasteiger partial charge in [0.1, 0.15) is 11.8 Å². The average Bonchev–Trinajstić information content (AvgIpc) is 2.94. The molecule has 0 aliphatic carbocycles. The van der Waals surface area contributed by atoms with Gasteiger partial charge in [0, 0.05) is 28.5 Å². The van der Waals surface area contributed by atoms with Gasteiger partial charge in [0.2, 0.25) is 0 Å². The maximum absolute atomic E-state index is 11.4. The summed E-state index contributed by atoms with van der Waals surface area (Å²) in [4.78, 5) is 21.0. The lowest BCUT2D eigenvalue weighted by atomic mass is 9.88. The molecule has 0 spiro atoms. The summed E-state index contributed by atoms with van der Waals surface area (Å²) in [6.45, 7) is 0.585. The van der Waals surface area contributed by atoms with E-state index in [2.05, 4.69) is 63.8 Å². The number of anilines is 1. The highest BCUT2D eigenvalue weighted by Crippen LogP contribution is 2.40. The van der Waals surface area contributed by atoms with E-state index < -0.39 is 5.97 Å². The van der Waals surface area contributed by atoms with E-state index in [1.807, 2.05) is 30.0 Å². The van der Waals surface area contributed by atoms with E-state index >= 15 is 0 Å². The van der Waals surface area contributed by atoms with Crippen LogP contribution in [0.15, 0.2) is 77.7 Å². The fourth-order valence-corrected chi connectivity index (χ4v) is 5.08. The number of nitrogens with one attached hydrogen (secondary N) is 1. The van der Waals surface area contributed by atoms with Crippen molar-refractivity contribution in [1.82, 2.24) is 9.97 Å². The molecule has 1 aromatic heterocycles. The molecule has 0 saturated carbocycles. The minimum absolute atomic E-state index is 0.118. The molecular formula is C24H18N3O2S-. The number of carbonyl (C=O) groups excluding carboxylic acids is 1. The lowest BCUT2D eigenvalue weighted by molar-refractivity contribution is -0.256.